The molecule has 7 heteroatoms. The van der Waals surface area contributed by atoms with Crippen LogP contribution < -0.4 is 5.32 Å². The molecule has 124 valence electrons. The van der Waals surface area contributed by atoms with E-state index < -0.39 is 30.2 Å². The molecule has 0 fully saturated rings. The number of hydrogen-bond acceptors (Lipinski definition) is 4. The van der Waals surface area contributed by atoms with Gasteiger partial charge in [0.25, 0.3) is 11.8 Å². The lowest BCUT2D eigenvalue weighted by atomic mass is 10.2. The number of carbonyl (C=O) groups excluding carboxylic acids is 3. The average Bonchev–Trinajstić information content (AvgIpc) is 2.98. The van der Waals surface area contributed by atoms with Crippen LogP contribution in [0.2, 0.25) is 0 Å². The smallest absolute Gasteiger partial charge is 0.331 e. The Labute approximate surface area is 137 Å². The number of nitrogens with one attached hydrogen (secondary N) is 1. The summed E-state index contributed by atoms with van der Waals surface area (Å²) in [7, 11) is 1.66. The summed E-state index contributed by atoms with van der Waals surface area (Å²) >= 11 is 0. The Morgan fingerprint density at radius 2 is 1.96 bits per heavy atom. The third-order valence-corrected chi connectivity index (χ3v) is 3.08. The lowest BCUT2D eigenvalue weighted by Crippen LogP contribution is -2.34. The molecule has 1 aromatic heterocycles. The first-order chi connectivity index (χ1) is 11.5. The number of aromatic nitrogens is 1. The number of rotatable bonds is 5. The fraction of sp³-hybridized carbons (Fsp3) is 0.118. The molecule has 0 saturated heterocycles. The fourth-order valence-electron chi connectivity index (χ4n) is 1.88. The number of hydrogen-bond donors (Lipinski definition) is 1. The molecular weight excluding hydrogens is 315 g/mol. The molecule has 6 nitrogen and oxygen atoms in total. The summed E-state index contributed by atoms with van der Waals surface area (Å²) in [5.74, 6) is -2.65. The highest BCUT2D eigenvalue weighted by atomic mass is 19.1. The van der Waals surface area contributed by atoms with E-state index in [0.29, 0.717) is 5.69 Å². The molecule has 0 aliphatic heterocycles. The summed E-state index contributed by atoms with van der Waals surface area (Å²) in [4.78, 5) is 34.9. The number of esters is 1. The van der Waals surface area contributed by atoms with Crippen LogP contribution in [0, 0.1) is 5.82 Å². The van der Waals surface area contributed by atoms with E-state index in [2.05, 4.69) is 5.32 Å². The summed E-state index contributed by atoms with van der Waals surface area (Å²) < 4.78 is 19.6. The van der Waals surface area contributed by atoms with Gasteiger partial charge in [-0.25, -0.2) is 9.18 Å². The zero-order valence-electron chi connectivity index (χ0n) is 12.9. The fourth-order valence-corrected chi connectivity index (χ4v) is 1.88. The Bertz CT molecular complexity index is 795. The predicted molar refractivity (Wildman–Crippen MR) is 84.3 cm³/mol. The van der Waals surface area contributed by atoms with Crippen LogP contribution in [0.25, 0.3) is 6.08 Å². The summed E-state index contributed by atoms with van der Waals surface area (Å²) in [6, 6.07) is 9.10. The molecular formula is C17H15FN2O4. The summed E-state index contributed by atoms with van der Waals surface area (Å²) in [6.45, 7) is -0.614. The van der Waals surface area contributed by atoms with Crippen LogP contribution in [-0.2, 0) is 21.4 Å². The SMILES string of the molecule is Cn1cccc1C(=O)NC(=O)COC(=O)/C=C/c1ccccc1F. The zero-order valence-corrected chi connectivity index (χ0v) is 12.9. The van der Waals surface area contributed by atoms with Crippen molar-refractivity contribution in [3.05, 3.63) is 65.7 Å². The summed E-state index contributed by atoms with van der Waals surface area (Å²) in [5.41, 5.74) is 0.520. The summed E-state index contributed by atoms with van der Waals surface area (Å²) in [6.07, 6.45) is 3.91. The maximum absolute atomic E-state index is 13.4. The number of halogens is 1. The van der Waals surface area contributed by atoms with E-state index in [0.717, 1.165) is 6.08 Å². The molecule has 2 aromatic rings. The van der Waals surface area contributed by atoms with Crippen molar-refractivity contribution in [2.24, 2.45) is 7.05 Å². The highest BCUT2D eigenvalue weighted by molar-refractivity contribution is 6.04. The molecule has 0 aliphatic carbocycles. The molecule has 2 rings (SSSR count). The van der Waals surface area contributed by atoms with Crippen molar-refractivity contribution >= 4 is 23.9 Å². The molecule has 1 N–H and O–H groups in total. The first-order valence-corrected chi connectivity index (χ1v) is 7.02. The van der Waals surface area contributed by atoms with Gasteiger partial charge >= 0.3 is 5.97 Å². The quantitative estimate of drug-likeness (QED) is 0.668. The number of carbonyl (C=O) groups is 3. The highest BCUT2D eigenvalue weighted by Gasteiger charge is 2.13. The Hall–Kier alpha value is -3.22. The van der Waals surface area contributed by atoms with E-state index in [1.807, 2.05) is 0 Å². The lowest BCUT2D eigenvalue weighted by Gasteiger charge is -2.05. The molecule has 0 aliphatic rings. The molecule has 1 heterocycles. The molecule has 0 saturated carbocycles. The molecule has 0 bridgehead atoms. The van der Waals surface area contributed by atoms with Gasteiger partial charge in [-0.1, -0.05) is 18.2 Å². The van der Waals surface area contributed by atoms with Crippen LogP contribution >= 0.6 is 0 Å². The van der Waals surface area contributed by atoms with Crippen molar-refractivity contribution in [2.75, 3.05) is 6.61 Å². The molecule has 0 spiro atoms. The number of amides is 2. The van der Waals surface area contributed by atoms with Crippen molar-refractivity contribution in [3.8, 4) is 0 Å². The van der Waals surface area contributed by atoms with Gasteiger partial charge in [0, 0.05) is 24.9 Å². The minimum absolute atomic E-state index is 0.220. The van der Waals surface area contributed by atoms with Gasteiger partial charge in [0.2, 0.25) is 0 Å². The third-order valence-electron chi connectivity index (χ3n) is 3.08. The maximum atomic E-state index is 13.4. The second kappa shape index (κ2) is 7.87. The van der Waals surface area contributed by atoms with Gasteiger partial charge in [-0.3, -0.25) is 14.9 Å². The highest BCUT2D eigenvalue weighted by Crippen LogP contribution is 2.08. The van der Waals surface area contributed by atoms with Gasteiger partial charge in [0.15, 0.2) is 6.61 Å². The van der Waals surface area contributed by atoms with Crippen molar-refractivity contribution in [2.45, 2.75) is 0 Å². The van der Waals surface area contributed by atoms with E-state index >= 15 is 0 Å². The number of aryl methyl sites for hydroxylation is 1. The largest absolute Gasteiger partial charge is 0.452 e. The number of nitrogens with zero attached hydrogens (tertiary/aromatic N) is 1. The second-order valence-corrected chi connectivity index (χ2v) is 4.84. The monoisotopic (exact) mass is 330 g/mol. The minimum atomic E-state index is -0.820. The van der Waals surface area contributed by atoms with Crippen molar-refractivity contribution in [3.63, 3.8) is 0 Å². The van der Waals surface area contributed by atoms with Crippen LogP contribution in [-0.4, -0.2) is 29.0 Å². The maximum Gasteiger partial charge on any atom is 0.331 e. The number of ether oxygens (including phenoxy) is 1. The molecule has 2 amide bonds. The van der Waals surface area contributed by atoms with E-state index in [9.17, 15) is 18.8 Å². The molecule has 0 radical (unpaired) electrons. The third kappa shape index (κ3) is 4.64. The Balaban J connectivity index is 1.81. The van der Waals surface area contributed by atoms with Gasteiger partial charge in [-0.15, -0.1) is 0 Å². The van der Waals surface area contributed by atoms with Gasteiger partial charge in [0.05, 0.1) is 0 Å². The predicted octanol–water partition coefficient (Wildman–Crippen LogP) is 1.68. The van der Waals surface area contributed by atoms with E-state index in [4.69, 9.17) is 4.74 Å². The van der Waals surface area contributed by atoms with Crippen LogP contribution in [0.5, 0.6) is 0 Å². The lowest BCUT2D eigenvalue weighted by molar-refractivity contribution is -0.143. The normalized spacial score (nSPS) is 10.6. The van der Waals surface area contributed by atoms with Crippen LogP contribution in [0.3, 0.4) is 0 Å². The first kappa shape index (κ1) is 17.1. The van der Waals surface area contributed by atoms with Crippen LogP contribution in [0.1, 0.15) is 16.1 Å². The zero-order chi connectivity index (χ0) is 17.5. The van der Waals surface area contributed by atoms with Gasteiger partial charge in [-0.05, 0) is 24.3 Å². The van der Waals surface area contributed by atoms with Gasteiger partial charge < -0.3 is 9.30 Å². The first-order valence-electron chi connectivity index (χ1n) is 7.02. The number of imide groups is 1. The number of benzene rings is 1. The Morgan fingerprint density at radius 1 is 1.21 bits per heavy atom. The van der Waals surface area contributed by atoms with E-state index in [1.165, 1.54) is 24.3 Å². The van der Waals surface area contributed by atoms with Crippen LogP contribution in [0.4, 0.5) is 4.39 Å². The van der Waals surface area contributed by atoms with E-state index in [1.54, 1.807) is 36.0 Å². The van der Waals surface area contributed by atoms with Crippen molar-refractivity contribution < 1.29 is 23.5 Å². The van der Waals surface area contributed by atoms with Gasteiger partial charge in [-0.2, -0.15) is 0 Å². The average molecular weight is 330 g/mol. The van der Waals surface area contributed by atoms with E-state index in [-0.39, 0.29) is 5.56 Å². The van der Waals surface area contributed by atoms with Gasteiger partial charge in [0.1, 0.15) is 11.5 Å². The Morgan fingerprint density at radius 3 is 2.62 bits per heavy atom. The molecule has 0 atom stereocenters. The standard InChI is InChI=1S/C17H15FN2O4/c1-20-10-4-7-14(20)17(23)19-15(21)11-24-16(22)9-8-12-5-2-3-6-13(12)18/h2-10H,11H2,1H3,(H,19,21,23)/b9-8+. The van der Waals surface area contributed by atoms with Crippen molar-refractivity contribution in [1.82, 2.24) is 9.88 Å². The topological polar surface area (TPSA) is 77.4 Å². The second-order valence-electron chi connectivity index (χ2n) is 4.84. The molecule has 1 aromatic carbocycles. The van der Waals surface area contributed by atoms with Crippen molar-refractivity contribution in [1.29, 1.82) is 0 Å². The summed E-state index contributed by atoms with van der Waals surface area (Å²) in [5, 5.41) is 2.10. The molecule has 0 unspecified atom stereocenters. The van der Waals surface area contributed by atoms with Crippen LogP contribution in [0.15, 0.2) is 48.7 Å². The minimum Gasteiger partial charge on any atom is -0.452 e. The molecule has 24 heavy (non-hydrogen) atoms. The Kier molecular flexibility index (Phi) is 5.62.